The van der Waals surface area contributed by atoms with Crippen LogP contribution in [-0.2, 0) is 26.7 Å². The average Bonchev–Trinajstić information content (AvgIpc) is 1.36. The molecule has 0 aromatic rings. The summed E-state index contributed by atoms with van der Waals surface area (Å²) < 4.78 is 0. The van der Waals surface area contributed by atoms with Gasteiger partial charge in [0, 0.05) is 17.1 Å². The second-order valence-corrected chi connectivity index (χ2v) is 0.575. The number of aliphatic carboxylic acids is 2. The van der Waals surface area contributed by atoms with Crippen molar-refractivity contribution in [1.82, 2.24) is 6.15 Å². The zero-order chi connectivity index (χ0) is 5.15. The minimum Gasteiger partial charge on any atom is -0.543 e. The van der Waals surface area contributed by atoms with Crippen molar-refractivity contribution in [2.45, 2.75) is 0 Å². The molecule has 0 unspecified atom stereocenters. The van der Waals surface area contributed by atoms with Crippen LogP contribution in [0.1, 0.15) is 0 Å². The van der Waals surface area contributed by atoms with Crippen molar-refractivity contribution in [1.29, 1.82) is 0 Å². The molecule has 0 aromatic heterocycles. The molecule has 0 fully saturated rings. The first-order valence-electron chi connectivity index (χ1n) is 1.07. The van der Waals surface area contributed by atoms with Gasteiger partial charge in [0.1, 0.15) is 0 Å². The van der Waals surface area contributed by atoms with Crippen LogP contribution >= 0.6 is 0 Å². The van der Waals surface area contributed by atoms with Gasteiger partial charge in [0.15, 0.2) is 0 Å². The van der Waals surface area contributed by atoms with Crippen LogP contribution in [0.15, 0.2) is 0 Å². The van der Waals surface area contributed by atoms with Crippen LogP contribution in [0.3, 0.4) is 0 Å². The largest absolute Gasteiger partial charge is 1.00 e. The second kappa shape index (κ2) is 11.8. The maximum atomic E-state index is 8.93. The van der Waals surface area contributed by atoms with Crippen molar-refractivity contribution in [3.63, 3.8) is 0 Å². The summed E-state index contributed by atoms with van der Waals surface area (Å²) in [7, 11) is 0. The van der Waals surface area contributed by atoms with Gasteiger partial charge in [-0.25, -0.2) is 0 Å². The molecule has 0 aliphatic rings. The first kappa shape index (κ1) is 22.5. The number of carboxylic acid groups (broad SMARTS) is 2. The van der Waals surface area contributed by atoms with E-state index in [4.69, 9.17) is 19.8 Å². The summed E-state index contributed by atoms with van der Waals surface area (Å²) >= 11 is 0. The van der Waals surface area contributed by atoms with Crippen LogP contribution in [0.25, 0.3) is 0 Å². The van der Waals surface area contributed by atoms with Gasteiger partial charge in [0.2, 0.25) is 0 Å². The molecule has 0 atom stereocenters. The third kappa shape index (κ3) is 17.6. The minimum absolute atomic E-state index is 0. The monoisotopic (exact) mass is 201 g/mol. The van der Waals surface area contributed by atoms with Crippen LogP contribution < -0.4 is 67.7 Å². The van der Waals surface area contributed by atoms with Crippen LogP contribution in [0.5, 0.6) is 0 Å². The predicted molar refractivity (Wildman–Crippen MR) is 16.0 cm³/mol. The van der Waals surface area contributed by atoms with Crippen molar-refractivity contribution in [2.24, 2.45) is 0 Å². The molecule has 9 heavy (non-hydrogen) atoms. The summed E-state index contributed by atoms with van der Waals surface area (Å²) in [6, 6.07) is 0. The Kier molecular flexibility index (Phi) is 29.5. The molecule has 0 spiro atoms. The maximum absolute atomic E-state index is 8.93. The molecule has 50 valence electrons. The zero-order valence-electron chi connectivity index (χ0n) is 4.99. The predicted octanol–water partition coefficient (Wildman–Crippen LogP) is -6.14. The van der Waals surface area contributed by atoms with Gasteiger partial charge in [0.25, 0.3) is 0 Å². The fraction of sp³-hybridized carbons (Fsp3) is 0. The molecule has 0 saturated heterocycles. The molecule has 0 amide bonds. The van der Waals surface area contributed by atoms with Gasteiger partial charge in [-0.05, 0) is 0 Å². The van der Waals surface area contributed by atoms with E-state index in [1.165, 1.54) is 0 Å². The molecule has 0 aliphatic heterocycles. The summed E-state index contributed by atoms with van der Waals surface area (Å²) in [4.78, 5) is 17.9. The van der Waals surface area contributed by atoms with E-state index in [1.54, 1.807) is 0 Å². The van der Waals surface area contributed by atoms with Crippen molar-refractivity contribution in [3.8, 4) is 0 Å². The number of carbonyl (C=O) groups is 2. The Bertz CT molecular complexity index is 84.6. The summed E-state index contributed by atoms with van der Waals surface area (Å²) in [5.41, 5.74) is 0. The Morgan fingerprint density at radius 1 is 1.00 bits per heavy atom. The summed E-state index contributed by atoms with van der Waals surface area (Å²) in [5, 5.41) is 17.9. The van der Waals surface area contributed by atoms with E-state index in [9.17, 15) is 0 Å². The third-order valence-corrected chi connectivity index (χ3v) is 0.167. The Hall–Kier alpha value is 1.06. The molecule has 0 rings (SSSR count). The maximum Gasteiger partial charge on any atom is 1.00 e. The van der Waals surface area contributed by atoms with Crippen LogP contribution in [0, 0.1) is 0 Å². The summed E-state index contributed by atoms with van der Waals surface area (Å²) in [6.45, 7) is 0. The third-order valence-electron chi connectivity index (χ3n) is 0.167. The van der Waals surface area contributed by atoms with Crippen LogP contribution in [0.4, 0.5) is 0 Å². The number of rotatable bonds is 0. The Balaban J connectivity index is -0.0000000417. The quantitative estimate of drug-likeness (QED) is 0.310. The topological polar surface area (TPSA) is 117 Å². The van der Waals surface area contributed by atoms with E-state index in [1.807, 2.05) is 0 Å². The number of carbonyl (C=O) groups excluding carboxylic acids is 2. The molecule has 0 bridgehead atoms. The summed E-state index contributed by atoms with van der Waals surface area (Å²) in [6.07, 6.45) is 0. The molecule has 0 saturated carbocycles. The minimum atomic E-state index is -2.19. The Morgan fingerprint density at radius 2 is 1.11 bits per heavy atom. The smallest absolute Gasteiger partial charge is 0.543 e. The fourth-order valence-corrected chi connectivity index (χ4v) is 0. The average molecular weight is 201 g/mol. The molecular weight excluding hydrogens is 197 g/mol. The van der Waals surface area contributed by atoms with Crippen molar-refractivity contribution in [3.05, 3.63) is 0 Å². The van der Waals surface area contributed by atoms with Gasteiger partial charge in [0.05, 0.1) is 11.9 Å². The number of hydrogen-bond donors (Lipinski definition) is 1. The summed E-state index contributed by atoms with van der Waals surface area (Å²) in [5.74, 6) is -4.37. The molecule has 5 nitrogen and oxygen atoms in total. The first-order chi connectivity index (χ1) is 2.64. The molecular formula is C2H4FeKNO4. The zero-order valence-corrected chi connectivity index (χ0v) is 9.21. The Labute approximate surface area is 105 Å². The van der Waals surface area contributed by atoms with Crippen molar-refractivity contribution < 1.29 is 88.3 Å². The molecule has 0 radical (unpaired) electrons. The van der Waals surface area contributed by atoms with E-state index in [0.29, 0.717) is 0 Å². The van der Waals surface area contributed by atoms with E-state index >= 15 is 0 Å². The second-order valence-electron chi connectivity index (χ2n) is 0.575. The van der Waals surface area contributed by atoms with Gasteiger partial charge in [-0.1, -0.05) is 0 Å². The molecule has 7 heteroatoms. The normalized spacial score (nSPS) is 4.89. The van der Waals surface area contributed by atoms with E-state index in [-0.39, 0.29) is 74.6 Å². The number of quaternary nitrogens is 1. The van der Waals surface area contributed by atoms with E-state index in [2.05, 4.69) is 0 Å². The van der Waals surface area contributed by atoms with Crippen LogP contribution in [0.2, 0.25) is 0 Å². The van der Waals surface area contributed by atoms with Gasteiger partial charge in [-0.3, -0.25) is 0 Å². The van der Waals surface area contributed by atoms with E-state index < -0.39 is 11.9 Å². The fourth-order valence-electron chi connectivity index (χ4n) is 0. The van der Waals surface area contributed by atoms with Crippen molar-refractivity contribution >= 4 is 11.9 Å². The van der Waals surface area contributed by atoms with Crippen LogP contribution in [-0.4, -0.2) is 11.9 Å². The number of carboxylic acids is 2. The number of hydrogen-bond acceptors (Lipinski definition) is 4. The molecule has 4 N–H and O–H groups in total. The molecule has 0 aliphatic carbocycles. The van der Waals surface area contributed by atoms with Gasteiger partial charge >= 0.3 is 51.4 Å². The first-order valence-corrected chi connectivity index (χ1v) is 1.07. The standard InChI is InChI=1S/C2H2O4.Fe.K.H3N/c3-1(4)2(5)6;;;/h(H,3,4)(H,5,6);;;1H3/q;;+1;/p-1. The van der Waals surface area contributed by atoms with Gasteiger partial charge in [-0.2, -0.15) is 0 Å². The SMILES string of the molecule is O=C([O-])C(=O)[O-].[Fe].[K+].[NH4+]. The van der Waals surface area contributed by atoms with Gasteiger partial charge in [-0.15, -0.1) is 0 Å². The van der Waals surface area contributed by atoms with Crippen molar-refractivity contribution in [2.75, 3.05) is 0 Å². The molecule has 0 aromatic carbocycles. The van der Waals surface area contributed by atoms with E-state index in [0.717, 1.165) is 0 Å². The molecule has 0 heterocycles. The van der Waals surface area contributed by atoms with Gasteiger partial charge < -0.3 is 26.0 Å². The Morgan fingerprint density at radius 3 is 1.11 bits per heavy atom.